The summed E-state index contributed by atoms with van der Waals surface area (Å²) in [5.41, 5.74) is 5.20. The highest BCUT2D eigenvalue weighted by Gasteiger charge is 2.17. The molecule has 2 heterocycles. The lowest BCUT2D eigenvalue weighted by atomic mass is 10.4. The Labute approximate surface area is 71.8 Å². The summed E-state index contributed by atoms with van der Waals surface area (Å²) in [7, 11) is 0. The Morgan fingerprint density at radius 3 is 3.00 bits per heavy atom. The summed E-state index contributed by atoms with van der Waals surface area (Å²) in [6, 6.07) is 0. The summed E-state index contributed by atoms with van der Waals surface area (Å²) in [6.45, 7) is 0. The predicted molar refractivity (Wildman–Crippen MR) is 42.2 cm³/mol. The number of hydrogen-bond acceptors (Lipinski definition) is 5. The highest BCUT2D eigenvalue weighted by molar-refractivity contribution is 5.91. The maximum absolute atomic E-state index is 10.7. The normalized spacial score (nSPS) is 10.5. The van der Waals surface area contributed by atoms with Crippen LogP contribution in [0.25, 0.3) is 5.78 Å². The van der Waals surface area contributed by atoms with Gasteiger partial charge in [-0.2, -0.15) is 14.6 Å². The molecule has 0 radical (unpaired) electrons. The van der Waals surface area contributed by atoms with Crippen LogP contribution in [0.3, 0.4) is 0 Å². The van der Waals surface area contributed by atoms with Gasteiger partial charge < -0.3 is 10.8 Å². The number of nitrogens with zero attached hydrogens (tertiary/aromatic N) is 4. The molecule has 0 aliphatic rings. The fourth-order valence-electron chi connectivity index (χ4n) is 1.01. The number of aromatic carboxylic acids is 1. The smallest absolute Gasteiger partial charge is 0.358 e. The number of carboxylic acids is 1. The highest BCUT2D eigenvalue weighted by Crippen LogP contribution is 2.10. The maximum atomic E-state index is 10.7. The molecule has 0 atom stereocenters. The van der Waals surface area contributed by atoms with Crippen LogP contribution in [-0.4, -0.2) is 30.7 Å². The molecule has 2 aromatic heterocycles. The van der Waals surface area contributed by atoms with Gasteiger partial charge in [-0.1, -0.05) is 0 Å². The number of imidazole rings is 1. The van der Waals surface area contributed by atoms with Crippen LogP contribution in [-0.2, 0) is 0 Å². The average Bonchev–Trinajstić information content (AvgIpc) is 2.39. The van der Waals surface area contributed by atoms with Gasteiger partial charge in [0.15, 0.2) is 11.5 Å². The van der Waals surface area contributed by atoms with Crippen molar-refractivity contribution in [1.82, 2.24) is 19.6 Å². The first-order valence-electron chi connectivity index (χ1n) is 3.38. The molecule has 0 spiro atoms. The largest absolute Gasteiger partial charge is 0.476 e. The summed E-state index contributed by atoms with van der Waals surface area (Å²) >= 11 is 0. The minimum Gasteiger partial charge on any atom is -0.476 e. The van der Waals surface area contributed by atoms with E-state index in [9.17, 15) is 4.79 Å². The summed E-state index contributed by atoms with van der Waals surface area (Å²) in [6.07, 6.45) is 2.77. The van der Waals surface area contributed by atoms with E-state index in [-0.39, 0.29) is 17.3 Å². The van der Waals surface area contributed by atoms with Crippen molar-refractivity contribution in [3.8, 4) is 0 Å². The number of nitrogens with two attached hydrogens (primary N) is 1. The molecule has 0 aliphatic heterocycles. The van der Waals surface area contributed by atoms with E-state index in [1.807, 2.05) is 0 Å². The monoisotopic (exact) mass is 179 g/mol. The quantitative estimate of drug-likeness (QED) is 0.605. The summed E-state index contributed by atoms with van der Waals surface area (Å²) in [5.74, 6) is -1.08. The first-order valence-corrected chi connectivity index (χ1v) is 3.38. The van der Waals surface area contributed by atoms with Gasteiger partial charge in [0.05, 0.1) is 12.4 Å². The number of carboxylic acid groups (broad SMARTS) is 1. The lowest BCUT2D eigenvalue weighted by Crippen LogP contribution is -2.07. The Bertz CT molecular complexity index is 477. The van der Waals surface area contributed by atoms with Gasteiger partial charge in [0.1, 0.15) is 0 Å². The van der Waals surface area contributed by atoms with Gasteiger partial charge in [0, 0.05) is 0 Å². The van der Waals surface area contributed by atoms with E-state index in [4.69, 9.17) is 10.8 Å². The number of anilines is 1. The van der Waals surface area contributed by atoms with Gasteiger partial charge in [0.2, 0.25) is 0 Å². The van der Waals surface area contributed by atoms with E-state index in [0.717, 1.165) is 4.52 Å². The zero-order valence-corrected chi connectivity index (χ0v) is 6.38. The van der Waals surface area contributed by atoms with Crippen molar-refractivity contribution >= 4 is 17.6 Å². The van der Waals surface area contributed by atoms with Gasteiger partial charge in [0.25, 0.3) is 5.78 Å². The first-order chi connectivity index (χ1) is 6.20. The van der Waals surface area contributed by atoms with E-state index in [0.29, 0.717) is 0 Å². The Balaban J connectivity index is 2.86. The Kier molecular flexibility index (Phi) is 1.38. The Hall–Kier alpha value is -2.18. The van der Waals surface area contributed by atoms with Crippen molar-refractivity contribution < 1.29 is 9.90 Å². The number of nitrogen functional groups attached to an aromatic ring is 1. The molecule has 2 rings (SSSR count). The lowest BCUT2D eigenvalue weighted by molar-refractivity contribution is 0.0689. The Morgan fingerprint density at radius 1 is 1.54 bits per heavy atom. The number of rotatable bonds is 1. The molecule has 66 valence electrons. The molecule has 0 unspecified atom stereocenters. The zero-order chi connectivity index (χ0) is 9.42. The molecule has 13 heavy (non-hydrogen) atoms. The van der Waals surface area contributed by atoms with Crippen molar-refractivity contribution in [2.75, 3.05) is 5.73 Å². The van der Waals surface area contributed by atoms with Crippen molar-refractivity contribution in [2.24, 2.45) is 0 Å². The van der Waals surface area contributed by atoms with Crippen LogP contribution >= 0.6 is 0 Å². The fourth-order valence-corrected chi connectivity index (χ4v) is 1.01. The van der Waals surface area contributed by atoms with Crippen LogP contribution in [0.4, 0.5) is 5.82 Å². The van der Waals surface area contributed by atoms with E-state index in [2.05, 4.69) is 15.1 Å². The molecule has 7 heteroatoms. The number of carbonyl (C=O) groups is 1. The van der Waals surface area contributed by atoms with E-state index < -0.39 is 5.97 Å². The third kappa shape index (κ3) is 0.975. The molecule has 0 amide bonds. The second-order valence-electron chi connectivity index (χ2n) is 2.31. The SMILES string of the molecule is Nc1nc2nccnn2c1C(=O)O. The fraction of sp³-hybridized carbons (Fsp3) is 0. The first kappa shape index (κ1) is 7.47. The van der Waals surface area contributed by atoms with Crippen LogP contribution in [0.5, 0.6) is 0 Å². The molecule has 0 saturated carbocycles. The molecule has 0 fully saturated rings. The van der Waals surface area contributed by atoms with E-state index in [1.54, 1.807) is 0 Å². The van der Waals surface area contributed by atoms with Crippen molar-refractivity contribution in [2.45, 2.75) is 0 Å². The second-order valence-corrected chi connectivity index (χ2v) is 2.31. The van der Waals surface area contributed by atoms with Crippen LogP contribution in [0.15, 0.2) is 12.4 Å². The van der Waals surface area contributed by atoms with Crippen LogP contribution in [0, 0.1) is 0 Å². The van der Waals surface area contributed by atoms with Gasteiger partial charge in [-0.05, 0) is 0 Å². The minimum absolute atomic E-state index is 0.0845. The predicted octanol–water partition coefficient (Wildman–Crippen LogP) is -0.595. The van der Waals surface area contributed by atoms with Crippen molar-refractivity contribution in [3.05, 3.63) is 18.1 Å². The molecular formula is C6H5N5O2. The van der Waals surface area contributed by atoms with Crippen LogP contribution in [0.2, 0.25) is 0 Å². The molecule has 0 aromatic carbocycles. The minimum atomic E-state index is -1.18. The molecule has 0 bridgehead atoms. The molecule has 2 aromatic rings. The number of hydrogen-bond donors (Lipinski definition) is 2. The second kappa shape index (κ2) is 2.41. The molecule has 3 N–H and O–H groups in total. The molecular weight excluding hydrogens is 174 g/mol. The molecule has 0 aliphatic carbocycles. The van der Waals surface area contributed by atoms with E-state index in [1.165, 1.54) is 12.4 Å². The number of aromatic nitrogens is 4. The molecule has 0 saturated heterocycles. The van der Waals surface area contributed by atoms with Gasteiger partial charge in [-0.3, -0.25) is 0 Å². The Morgan fingerprint density at radius 2 is 2.31 bits per heavy atom. The average molecular weight is 179 g/mol. The number of fused-ring (bicyclic) bond motifs is 1. The summed E-state index contributed by atoms with van der Waals surface area (Å²) in [4.78, 5) is 18.2. The van der Waals surface area contributed by atoms with Crippen molar-refractivity contribution in [3.63, 3.8) is 0 Å². The summed E-state index contributed by atoms with van der Waals surface area (Å²) in [5, 5.41) is 12.5. The van der Waals surface area contributed by atoms with Gasteiger partial charge in [-0.15, -0.1) is 0 Å². The van der Waals surface area contributed by atoms with Gasteiger partial charge in [-0.25, -0.2) is 9.78 Å². The van der Waals surface area contributed by atoms with E-state index >= 15 is 0 Å². The van der Waals surface area contributed by atoms with Crippen LogP contribution < -0.4 is 5.73 Å². The standard InChI is InChI=1S/C6H5N5O2/c7-4-3(5(12)13)11-6(10-4)8-1-2-9-11/h1-2H,7H2,(H,12,13). The highest BCUT2D eigenvalue weighted by atomic mass is 16.4. The van der Waals surface area contributed by atoms with Crippen LogP contribution in [0.1, 0.15) is 10.5 Å². The lowest BCUT2D eigenvalue weighted by Gasteiger charge is -1.92. The molecule has 7 nitrogen and oxygen atoms in total. The summed E-state index contributed by atoms with van der Waals surface area (Å²) < 4.78 is 1.08. The van der Waals surface area contributed by atoms with Crippen molar-refractivity contribution in [1.29, 1.82) is 0 Å². The van der Waals surface area contributed by atoms with Gasteiger partial charge >= 0.3 is 5.97 Å². The third-order valence-corrected chi connectivity index (χ3v) is 1.51. The maximum Gasteiger partial charge on any atom is 0.358 e. The third-order valence-electron chi connectivity index (χ3n) is 1.51. The zero-order valence-electron chi connectivity index (χ0n) is 6.38. The topological polar surface area (TPSA) is 106 Å².